The number of fused-ring (bicyclic) bond motifs is 1. The molecule has 0 amide bonds. The number of rotatable bonds is 2. The third kappa shape index (κ3) is 1.42. The van der Waals surface area contributed by atoms with Crippen LogP contribution in [0.3, 0.4) is 0 Å². The molecule has 0 saturated heterocycles. The van der Waals surface area contributed by atoms with E-state index < -0.39 is 0 Å². The molecule has 2 aromatic rings. The van der Waals surface area contributed by atoms with Crippen LogP contribution in [0.2, 0.25) is 0 Å². The van der Waals surface area contributed by atoms with Crippen molar-refractivity contribution in [1.29, 1.82) is 0 Å². The summed E-state index contributed by atoms with van der Waals surface area (Å²) >= 11 is 6.20. The van der Waals surface area contributed by atoms with Crippen molar-refractivity contribution in [2.45, 2.75) is 31.7 Å². The molecule has 0 aromatic carbocycles. The van der Waals surface area contributed by atoms with Crippen LogP contribution in [0.1, 0.15) is 37.5 Å². The zero-order valence-electron chi connectivity index (χ0n) is 9.39. The molecule has 1 aliphatic carbocycles. The van der Waals surface area contributed by atoms with E-state index >= 15 is 0 Å². The van der Waals surface area contributed by atoms with Gasteiger partial charge in [0.05, 0.1) is 17.1 Å². The minimum absolute atomic E-state index is 0.0554. The van der Waals surface area contributed by atoms with Gasteiger partial charge in [-0.05, 0) is 25.3 Å². The standard InChI is InChI=1S/C12H14ClN3/c1-7-5-11(7)16-10-3-4-14-6-9(10)15-12(16)8(2)13/h3-4,6-8,11H,5H2,1-2H3. The highest BCUT2D eigenvalue weighted by Gasteiger charge is 2.37. The molecule has 16 heavy (non-hydrogen) atoms. The van der Waals surface area contributed by atoms with Gasteiger partial charge in [0.1, 0.15) is 11.3 Å². The molecule has 1 aliphatic rings. The van der Waals surface area contributed by atoms with E-state index in [1.54, 1.807) is 0 Å². The van der Waals surface area contributed by atoms with Gasteiger partial charge in [-0.3, -0.25) is 4.98 Å². The summed E-state index contributed by atoms with van der Waals surface area (Å²) in [4.78, 5) is 8.68. The molecule has 3 nitrogen and oxygen atoms in total. The lowest BCUT2D eigenvalue weighted by atomic mass is 10.3. The van der Waals surface area contributed by atoms with Gasteiger partial charge in [-0.15, -0.1) is 11.6 Å². The monoisotopic (exact) mass is 235 g/mol. The van der Waals surface area contributed by atoms with Crippen LogP contribution < -0.4 is 0 Å². The smallest absolute Gasteiger partial charge is 0.128 e. The molecule has 0 N–H and O–H groups in total. The van der Waals surface area contributed by atoms with Crippen molar-refractivity contribution in [3.63, 3.8) is 0 Å². The molecule has 3 rings (SSSR count). The summed E-state index contributed by atoms with van der Waals surface area (Å²) in [7, 11) is 0. The molecule has 0 spiro atoms. The zero-order valence-corrected chi connectivity index (χ0v) is 10.1. The van der Waals surface area contributed by atoms with Gasteiger partial charge in [0, 0.05) is 12.2 Å². The quantitative estimate of drug-likeness (QED) is 0.748. The Morgan fingerprint density at radius 1 is 1.56 bits per heavy atom. The van der Waals surface area contributed by atoms with Gasteiger partial charge in [-0.2, -0.15) is 0 Å². The molecule has 0 aliphatic heterocycles. The van der Waals surface area contributed by atoms with Crippen molar-refractivity contribution in [2.75, 3.05) is 0 Å². The Morgan fingerprint density at radius 2 is 2.31 bits per heavy atom. The average molecular weight is 236 g/mol. The van der Waals surface area contributed by atoms with Crippen molar-refractivity contribution in [3.8, 4) is 0 Å². The van der Waals surface area contributed by atoms with E-state index in [0.717, 1.165) is 22.8 Å². The van der Waals surface area contributed by atoms with E-state index in [4.69, 9.17) is 11.6 Å². The van der Waals surface area contributed by atoms with E-state index in [1.165, 1.54) is 6.42 Å². The van der Waals surface area contributed by atoms with E-state index in [1.807, 2.05) is 25.4 Å². The van der Waals surface area contributed by atoms with Crippen LogP contribution in [0.15, 0.2) is 18.5 Å². The van der Waals surface area contributed by atoms with Crippen LogP contribution >= 0.6 is 11.6 Å². The number of imidazole rings is 1. The summed E-state index contributed by atoms with van der Waals surface area (Å²) in [6.07, 6.45) is 4.85. The maximum Gasteiger partial charge on any atom is 0.128 e. The predicted molar refractivity (Wildman–Crippen MR) is 64.6 cm³/mol. The van der Waals surface area contributed by atoms with Gasteiger partial charge in [0.25, 0.3) is 0 Å². The molecule has 3 unspecified atom stereocenters. The maximum atomic E-state index is 6.20. The molecule has 84 valence electrons. The molecule has 2 aromatic heterocycles. The lowest BCUT2D eigenvalue weighted by molar-refractivity contribution is 0.659. The fraction of sp³-hybridized carbons (Fsp3) is 0.500. The van der Waals surface area contributed by atoms with Crippen LogP contribution in [0, 0.1) is 5.92 Å². The second kappa shape index (κ2) is 3.45. The Labute approximate surface area is 99.5 Å². The number of hydrogen-bond donors (Lipinski definition) is 0. The van der Waals surface area contributed by atoms with Gasteiger partial charge in [-0.25, -0.2) is 4.98 Å². The Morgan fingerprint density at radius 3 is 2.94 bits per heavy atom. The third-order valence-electron chi connectivity index (χ3n) is 3.27. The summed E-state index contributed by atoms with van der Waals surface area (Å²) in [5.74, 6) is 1.71. The molecule has 0 radical (unpaired) electrons. The molecule has 3 atom stereocenters. The largest absolute Gasteiger partial charge is 0.323 e. The number of aromatic nitrogens is 3. The molecule has 0 bridgehead atoms. The van der Waals surface area contributed by atoms with E-state index in [9.17, 15) is 0 Å². The maximum absolute atomic E-state index is 6.20. The summed E-state index contributed by atoms with van der Waals surface area (Å²) in [5, 5.41) is -0.0554. The average Bonchev–Trinajstić information content (AvgIpc) is 2.85. The van der Waals surface area contributed by atoms with Crippen molar-refractivity contribution >= 4 is 22.6 Å². The number of nitrogens with zero attached hydrogens (tertiary/aromatic N) is 3. The highest BCUT2D eigenvalue weighted by atomic mass is 35.5. The Bertz CT molecular complexity index is 532. The normalized spacial score (nSPS) is 25.9. The summed E-state index contributed by atoms with van der Waals surface area (Å²) in [6, 6.07) is 2.60. The number of alkyl halides is 1. The fourth-order valence-corrected chi connectivity index (χ4v) is 2.41. The molecule has 2 heterocycles. The number of hydrogen-bond acceptors (Lipinski definition) is 2. The van der Waals surface area contributed by atoms with Gasteiger partial charge in [0.2, 0.25) is 0 Å². The molecule has 4 heteroatoms. The molecular formula is C12H14ClN3. The van der Waals surface area contributed by atoms with Crippen LogP contribution in [0.4, 0.5) is 0 Å². The first-order valence-corrected chi connectivity index (χ1v) is 6.08. The van der Waals surface area contributed by atoms with Crippen molar-refractivity contribution < 1.29 is 0 Å². The second-order valence-electron chi connectivity index (χ2n) is 4.60. The van der Waals surface area contributed by atoms with Crippen LogP contribution in [0.5, 0.6) is 0 Å². The van der Waals surface area contributed by atoms with Gasteiger partial charge >= 0.3 is 0 Å². The molecule has 1 fully saturated rings. The van der Waals surface area contributed by atoms with Crippen LogP contribution in [-0.2, 0) is 0 Å². The lowest BCUT2D eigenvalue weighted by Gasteiger charge is -2.09. The first-order valence-electron chi connectivity index (χ1n) is 5.64. The topological polar surface area (TPSA) is 30.7 Å². The molecular weight excluding hydrogens is 222 g/mol. The van der Waals surface area contributed by atoms with Gasteiger partial charge < -0.3 is 4.57 Å². The SMILES string of the molecule is CC(Cl)c1nc2cnccc2n1C1CC1C. The minimum Gasteiger partial charge on any atom is -0.323 e. The predicted octanol–water partition coefficient (Wildman–Crippen LogP) is 3.31. The van der Waals surface area contributed by atoms with E-state index in [2.05, 4.69) is 21.5 Å². The first-order chi connectivity index (χ1) is 7.68. The van der Waals surface area contributed by atoms with Crippen LogP contribution in [-0.4, -0.2) is 14.5 Å². The Kier molecular flexibility index (Phi) is 2.18. The molecule has 1 saturated carbocycles. The lowest BCUT2D eigenvalue weighted by Crippen LogP contribution is -2.03. The van der Waals surface area contributed by atoms with E-state index in [-0.39, 0.29) is 5.38 Å². The fourth-order valence-electron chi connectivity index (χ4n) is 2.26. The van der Waals surface area contributed by atoms with Crippen molar-refractivity contribution in [3.05, 3.63) is 24.3 Å². The Balaban J connectivity index is 2.24. The Hall–Kier alpha value is -1.09. The van der Waals surface area contributed by atoms with E-state index in [0.29, 0.717) is 6.04 Å². The summed E-state index contributed by atoms with van der Waals surface area (Å²) in [6.45, 7) is 4.24. The highest BCUT2D eigenvalue weighted by molar-refractivity contribution is 6.20. The number of pyridine rings is 1. The van der Waals surface area contributed by atoms with Crippen LogP contribution in [0.25, 0.3) is 11.0 Å². The van der Waals surface area contributed by atoms with Crippen molar-refractivity contribution in [1.82, 2.24) is 14.5 Å². The first kappa shape index (κ1) is 10.1. The highest BCUT2D eigenvalue weighted by Crippen LogP contribution is 2.46. The van der Waals surface area contributed by atoms with Gasteiger partial charge in [-0.1, -0.05) is 6.92 Å². The van der Waals surface area contributed by atoms with Crippen molar-refractivity contribution in [2.24, 2.45) is 5.92 Å². The summed E-state index contributed by atoms with van der Waals surface area (Å²) < 4.78 is 2.29. The summed E-state index contributed by atoms with van der Waals surface area (Å²) in [5.41, 5.74) is 2.11. The second-order valence-corrected chi connectivity index (χ2v) is 5.26. The number of halogens is 1. The third-order valence-corrected chi connectivity index (χ3v) is 3.47. The van der Waals surface area contributed by atoms with Gasteiger partial charge in [0.15, 0.2) is 0 Å². The zero-order chi connectivity index (χ0) is 11.3. The minimum atomic E-state index is -0.0554.